The Balaban J connectivity index is 2.52. The smallest absolute Gasteiger partial charge is 0.211 e. The molecule has 0 aliphatic heterocycles. The minimum Gasteiger partial charge on any atom is -0.300 e. The third kappa shape index (κ3) is 6.45. The van der Waals surface area contributed by atoms with Crippen LogP contribution in [-0.4, -0.2) is 17.3 Å². The Hall–Kier alpha value is -1.71. The quantitative estimate of drug-likeness (QED) is 0.369. The van der Waals surface area contributed by atoms with Gasteiger partial charge in [-0.3, -0.25) is 14.9 Å². The number of Topliss-reactive ketones (excluding diaryl/α,β-unsaturated/α-hetero) is 1. The number of rotatable bonds is 10. The second-order valence-corrected chi connectivity index (χ2v) is 5.18. The van der Waals surface area contributed by atoms with E-state index < -0.39 is 0 Å². The SMILES string of the molecule is CCCCCCC(=O)CC(C[N+](=O)[O-])c1ccccc1. The predicted octanol–water partition coefficient (Wildman–Crippen LogP) is 3.98. The number of benzene rings is 1. The number of hydrogen-bond acceptors (Lipinski definition) is 3. The lowest BCUT2D eigenvalue weighted by molar-refractivity contribution is -0.483. The van der Waals surface area contributed by atoms with Gasteiger partial charge in [0.2, 0.25) is 6.54 Å². The average Bonchev–Trinajstić information content (AvgIpc) is 2.43. The second-order valence-electron chi connectivity index (χ2n) is 5.18. The van der Waals surface area contributed by atoms with E-state index in [4.69, 9.17) is 0 Å². The van der Waals surface area contributed by atoms with E-state index in [1.165, 1.54) is 0 Å². The fourth-order valence-corrected chi connectivity index (χ4v) is 2.32. The van der Waals surface area contributed by atoms with Crippen LogP contribution >= 0.6 is 0 Å². The molecule has 1 unspecified atom stereocenters. The Morgan fingerprint density at radius 2 is 1.90 bits per heavy atom. The van der Waals surface area contributed by atoms with Gasteiger partial charge in [-0.25, -0.2) is 0 Å². The monoisotopic (exact) mass is 277 g/mol. The Morgan fingerprint density at radius 3 is 2.50 bits per heavy atom. The summed E-state index contributed by atoms with van der Waals surface area (Å²) >= 11 is 0. The lowest BCUT2D eigenvalue weighted by atomic mass is 9.92. The van der Waals surface area contributed by atoms with Gasteiger partial charge in [0.15, 0.2) is 0 Å². The van der Waals surface area contributed by atoms with Crippen LogP contribution in [0.5, 0.6) is 0 Å². The Morgan fingerprint density at radius 1 is 1.20 bits per heavy atom. The highest BCUT2D eigenvalue weighted by Crippen LogP contribution is 2.21. The summed E-state index contributed by atoms with van der Waals surface area (Å²) in [6.07, 6.45) is 5.06. The van der Waals surface area contributed by atoms with Gasteiger partial charge in [0.1, 0.15) is 5.78 Å². The van der Waals surface area contributed by atoms with Crippen LogP contribution in [0.3, 0.4) is 0 Å². The van der Waals surface area contributed by atoms with Gasteiger partial charge in [0.05, 0.1) is 5.92 Å². The Kier molecular flexibility index (Phi) is 7.55. The molecule has 0 amide bonds. The van der Waals surface area contributed by atoms with Gasteiger partial charge < -0.3 is 0 Å². The van der Waals surface area contributed by atoms with Crippen LogP contribution < -0.4 is 0 Å². The summed E-state index contributed by atoms with van der Waals surface area (Å²) in [5.41, 5.74) is 0.881. The number of ketones is 1. The van der Waals surface area contributed by atoms with Crippen molar-refractivity contribution in [2.24, 2.45) is 0 Å². The summed E-state index contributed by atoms with van der Waals surface area (Å²) in [4.78, 5) is 22.4. The van der Waals surface area contributed by atoms with Crippen LogP contribution in [0, 0.1) is 10.1 Å². The summed E-state index contributed by atoms with van der Waals surface area (Å²) in [6, 6.07) is 9.30. The maximum absolute atomic E-state index is 11.9. The molecular weight excluding hydrogens is 254 g/mol. The molecule has 0 spiro atoms. The van der Waals surface area contributed by atoms with Gasteiger partial charge in [0, 0.05) is 17.8 Å². The van der Waals surface area contributed by atoms with E-state index in [9.17, 15) is 14.9 Å². The van der Waals surface area contributed by atoms with Crippen LogP contribution in [0.1, 0.15) is 56.9 Å². The lowest BCUT2D eigenvalue weighted by Gasteiger charge is -2.12. The van der Waals surface area contributed by atoms with Crippen LogP contribution in [0.2, 0.25) is 0 Å². The van der Waals surface area contributed by atoms with Gasteiger partial charge in [-0.2, -0.15) is 0 Å². The van der Waals surface area contributed by atoms with Gasteiger partial charge in [-0.05, 0) is 12.0 Å². The molecule has 0 saturated heterocycles. The van der Waals surface area contributed by atoms with E-state index in [1.807, 2.05) is 30.3 Å². The molecule has 0 heterocycles. The molecule has 1 rings (SSSR count). The Labute approximate surface area is 120 Å². The molecule has 1 aromatic rings. The van der Waals surface area contributed by atoms with Crippen molar-refractivity contribution in [2.45, 2.75) is 51.4 Å². The zero-order chi connectivity index (χ0) is 14.8. The largest absolute Gasteiger partial charge is 0.300 e. The van der Waals surface area contributed by atoms with E-state index in [0.29, 0.717) is 6.42 Å². The number of unbranched alkanes of at least 4 members (excludes halogenated alkanes) is 3. The van der Waals surface area contributed by atoms with Crippen molar-refractivity contribution >= 4 is 5.78 Å². The fraction of sp³-hybridized carbons (Fsp3) is 0.562. The summed E-state index contributed by atoms with van der Waals surface area (Å²) in [6.45, 7) is 1.95. The molecule has 0 radical (unpaired) electrons. The van der Waals surface area contributed by atoms with E-state index in [1.54, 1.807) is 0 Å². The molecule has 4 nitrogen and oxygen atoms in total. The molecule has 0 fully saturated rings. The van der Waals surface area contributed by atoms with E-state index in [2.05, 4.69) is 6.92 Å². The van der Waals surface area contributed by atoms with Gasteiger partial charge in [-0.15, -0.1) is 0 Å². The first-order valence-corrected chi connectivity index (χ1v) is 7.32. The number of carbonyl (C=O) groups excluding carboxylic acids is 1. The maximum atomic E-state index is 11.9. The van der Waals surface area contributed by atoms with Crippen LogP contribution in [0.15, 0.2) is 30.3 Å². The van der Waals surface area contributed by atoms with Crippen molar-refractivity contribution < 1.29 is 9.72 Å². The summed E-state index contributed by atoms with van der Waals surface area (Å²) in [5, 5.41) is 10.8. The van der Waals surface area contributed by atoms with Gasteiger partial charge in [0.25, 0.3) is 0 Å². The van der Waals surface area contributed by atoms with Crippen molar-refractivity contribution in [3.8, 4) is 0 Å². The maximum Gasteiger partial charge on any atom is 0.211 e. The number of nitro groups is 1. The molecule has 0 aliphatic carbocycles. The van der Waals surface area contributed by atoms with Crippen LogP contribution in [-0.2, 0) is 4.79 Å². The van der Waals surface area contributed by atoms with Crippen molar-refractivity contribution in [1.29, 1.82) is 0 Å². The molecule has 110 valence electrons. The topological polar surface area (TPSA) is 60.2 Å². The summed E-state index contributed by atoms with van der Waals surface area (Å²) in [7, 11) is 0. The lowest BCUT2D eigenvalue weighted by Crippen LogP contribution is -2.16. The first-order valence-electron chi connectivity index (χ1n) is 7.32. The van der Waals surface area contributed by atoms with Crippen molar-refractivity contribution in [1.82, 2.24) is 0 Å². The summed E-state index contributed by atoms with van der Waals surface area (Å²) < 4.78 is 0. The standard InChI is InChI=1S/C16H23NO3/c1-2-3-4-8-11-16(18)12-15(13-17(19)20)14-9-6-5-7-10-14/h5-7,9-10,15H,2-4,8,11-13H2,1H3. The van der Waals surface area contributed by atoms with Crippen molar-refractivity contribution in [2.75, 3.05) is 6.54 Å². The normalized spacial score (nSPS) is 12.1. The van der Waals surface area contributed by atoms with E-state index in [-0.39, 0.29) is 29.6 Å². The molecule has 20 heavy (non-hydrogen) atoms. The minimum atomic E-state index is -0.331. The van der Waals surface area contributed by atoms with Crippen LogP contribution in [0.25, 0.3) is 0 Å². The third-order valence-electron chi connectivity index (χ3n) is 3.42. The molecule has 0 aromatic heterocycles. The molecular formula is C16H23NO3. The highest BCUT2D eigenvalue weighted by Gasteiger charge is 2.20. The number of hydrogen-bond donors (Lipinski definition) is 0. The molecule has 4 heteroatoms. The first kappa shape index (κ1) is 16.3. The second kappa shape index (κ2) is 9.23. The zero-order valence-corrected chi connectivity index (χ0v) is 12.1. The highest BCUT2D eigenvalue weighted by atomic mass is 16.6. The fourth-order valence-electron chi connectivity index (χ4n) is 2.32. The van der Waals surface area contributed by atoms with E-state index in [0.717, 1.165) is 31.2 Å². The molecule has 0 bridgehead atoms. The third-order valence-corrected chi connectivity index (χ3v) is 3.42. The van der Waals surface area contributed by atoms with Crippen molar-refractivity contribution in [3.63, 3.8) is 0 Å². The van der Waals surface area contributed by atoms with Crippen molar-refractivity contribution in [3.05, 3.63) is 46.0 Å². The van der Waals surface area contributed by atoms with Crippen LogP contribution in [0.4, 0.5) is 0 Å². The summed E-state index contributed by atoms with van der Waals surface area (Å²) in [5.74, 6) is -0.165. The van der Waals surface area contributed by atoms with Gasteiger partial charge >= 0.3 is 0 Å². The minimum absolute atomic E-state index is 0.136. The molecule has 0 N–H and O–H groups in total. The highest BCUT2D eigenvalue weighted by molar-refractivity contribution is 5.79. The predicted molar refractivity (Wildman–Crippen MR) is 79.4 cm³/mol. The van der Waals surface area contributed by atoms with E-state index >= 15 is 0 Å². The average molecular weight is 277 g/mol. The molecule has 0 aliphatic rings. The molecule has 0 saturated carbocycles. The Bertz CT molecular complexity index is 417. The molecule has 1 atom stereocenters. The number of carbonyl (C=O) groups is 1. The zero-order valence-electron chi connectivity index (χ0n) is 12.1. The molecule has 1 aromatic carbocycles. The van der Waals surface area contributed by atoms with Gasteiger partial charge in [-0.1, -0.05) is 56.5 Å². The number of nitrogens with zero attached hydrogens (tertiary/aromatic N) is 1. The first-order chi connectivity index (χ1) is 9.63.